The zero-order valence-electron chi connectivity index (χ0n) is 13.7. The molecule has 1 aromatic heterocycles. The van der Waals surface area contributed by atoms with Crippen LogP contribution in [0.5, 0.6) is 0 Å². The van der Waals surface area contributed by atoms with E-state index in [4.69, 9.17) is 5.73 Å². The lowest BCUT2D eigenvalue weighted by atomic mass is 9.57. The van der Waals surface area contributed by atoms with Gasteiger partial charge in [-0.25, -0.2) is 0 Å². The van der Waals surface area contributed by atoms with E-state index in [-0.39, 0.29) is 17.2 Å². The maximum atomic E-state index is 12.2. The number of aromatic nitrogens is 1. The normalized spacial score (nSPS) is 29.2. The Kier molecular flexibility index (Phi) is 4.03. The summed E-state index contributed by atoms with van der Waals surface area (Å²) in [5, 5.41) is 29.4. The molecule has 7 nitrogen and oxygen atoms in total. The minimum absolute atomic E-state index is 0.113. The molecule has 2 aliphatic rings. The van der Waals surface area contributed by atoms with Crippen LogP contribution in [0.15, 0.2) is 47.4 Å². The van der Waals surface area contributed by atoms with Gasteiger partial charge in [-0.3, -0.25) is 9.78 Å². The number of rotatable bonds is 2. The molecule has 7 heteroatoms. The van der Waals surface area contributed by atoms with Gasteiger partial charge in [0.25, 0.3) is 0 Å². The minimum atomic E-state index is -2.01. The van der Waals surface area contributed by atoms with Crippen LogP contribution in [-0.4, -0.2) is 41.1 Å². The fourth-order valence-corrected chi connectivity index (χ4v) is 3.90. The number of fused-ring (bicyclic) bond motifs is 1. The van der Waals surface area contributed by atoms with Crippen molar-refractivity contribution in [1.82, 2.24) is 9.88 Å². The predicted molar refractivity (Wildman–Crippen MR) is 88.6 cm³/mol. The molecule has 3 rings (SSSR count). The molecule has 3 N–H and O–H groups in total. The quantitative estimate of drug-likeness (QED) is 0.825. The number of carboxylic acids is 1. The van der Waals surface area contributed by atoms with E-state index >= 15 is 0 Å². The number of nitrogens with two attached hydrogens (primary N) is 1. The number of aliphatic carboxylic acids is 1. The highest BCUT2D eigenvalue weighted by Crippen LogP contribution is 2.54. The molecule has 1 aliphatic heterocycles. The lowest BCUT2D eigenvalue weighted by molar-refractivity contribution is -0.145. The molecule has 0 bridgehead atoms. The molecule has 0 radical (unpaired) electrons. The zero-order valence-corrected chi connectivity index (χ0v) is 13.7. The molecule has 3 atom stereocenters. The van der Waals surface area contributed by atoms with Crippen LogP contribution in [-0.2, 0) is 4.79 Å². The van der Waals surface area contributed by atoms with E-state index in [0.717, 1.165) is 5.57 Å². The van der Waals surface area contributed by atoms with E-state index in [9.17, 15) is 20.4 Å². The number of carbonyl (C=O) groups is 1. The number of pyridine rings is 1. The molecule has 25 heavy (non-hydrogen) atoms. The molecule has 0 aromatic carbocycles. The summed E-state index contributed by atoms with van der Waals surface area (Å²) < 4.78 is 0. The Bertz CT molecular complexity index is 862. The predicted octanol–water partition coefficient (Wildman–Crippen LogP) is 0.998. The molecular weight excluding hydrogens is 318 g/mol. The number of allylic oxidation sites excluding steroid dienone is 1. The zero-order chi connectivity index (χ0) is 18.2. The maximum Gasteiger partial charge on any atom is 0.330 e. The first kappa shape index (κ1) is 16.7. The molecule has 126 valence electrons. The average molecular weight is 335 g/mol. The smallest absolute Gasteiger partial charge is 0.330 e. The fourth-order valence-electron chi connectivity index (χ4n) is 3.90. The Hall–Kier alpha value is -3.16. The first-order chi connectivity index (χ1) is 12.0. The van der Waals surface area contributed by atoms with Gasteiger partial charge >= 0.3 is 5.97 Å². The lowest BCUT2D eigenvalue weighted by Gasteiger charge is -2.45. The van der Waals surface area contributed by atoms with Gasteiger partial charge in [0.05, 0.1) is 17.3 Å². The first-order valence-electron chi connectivity index (χ1n) is 7.81. The van der Waals surface area contributed by atoms with Crippen LogP contribution in [0.1, 0.15) is 11.5 Å². The van der Waals surface area contributed by atoms with Crippen LogP contribution >= 0.6 is 0 Å². The summed E-state index contributed by atoms with van der Waals surface area (Å²) in [5.74, 6) is -2.41. The summed E-state index contributed by atoms with van der Waals surface area (Å²) in [4.78, 5) is 18.3. The van der Waals surface area contributed by atoms with Gasteiger partial charge in [-0.05, 0) is 24.3 Å². The summed E-state index contributed by atoms with van der Waals surface area (Å²) in [6, 6.07) is 7.40. The van der Waals surface area contributed by atoms with Crippen molar-refractivity contribution in [3.8, 4) is 12.1 Å². The maximum absolute atomic E-state index is 12.2. The van der Waals surface area contributed by atoms with Gasteiger partial charge in [0.2, 0.25) is 5.41 Å². The number of carboxylic acid groups (broad SMARTS) is 1. The third-order valence-corrected chi connectivity index (χ3v) is 5.05. The topological polar surface area (TPSA) is 127 Å². The summed E-state index contributed by atoms with van der Waals surface area (Å²) in [6.07, 6.45) is 5.05. The Morgan fingerprint density at radius 1 is 1.52 bits per heavy atom. The van der Waals surface area contributed by atoms with Crippen molar-refractivity contribution in [2.75, 3.05) is 20.1 Å². The number of likely N-dealkylation sites (N-methyl/N-ethyl adjacent to an activating group) is 1. The van der Waals surface area contributed by atoms with Crippen molar-refractivity contribution in [2.24, 2.45) is 17.1 Å². The number of nitrogens with zero attached hydrogens (tertiary/aromatic N) is 4. The molecule has 1 aliphatic carbocycles. The van der Waals surface area contributed by atoms with Gasteiger partial charge in [-0.15, -0.1) is 0 Å². The molecule has 0 saturated carbocycles. The van der Waals surface area contributed by atoms with Gasteiger partial charge in [0.1, 0.15) is 6.07 Å². The third kappa shape index (κ3) is 2.29. The fraction of sp³-hybridized carbons (Fsp3) is 0.333. The molecule has 0 saturated heterocycles. The molecule has 0 amide bonds. The SMILES string of the molecule is CN1CC=C2C(C#N)=C(N)[C@](C#N)(C(=O)O)[C@H](c3cccnc3)[C@@H]2C1. The summed E-state index contributed by atoms with van der Waals surface area (Å²) >= 11 is 0. The molecule has 0 spiro atoms. The lowest BCUT2D eigenvalue weighted by Crippen LogP contribution is -2.51. The molecular formula is C18H17N5O2. The Morgan fingerprint density at radius 2 is 2.28 bits per heavy atom. The highest BCUT2D eigenvalue weighted by atomic mass is 16.4. The Morgan fingerprint density at radius 3 is 2.84 bits per heavy atom. The Balaban J connectivity index is 2.37. The molecule has 0 fully saturated rings. The monoisotopic (exact) mass is 335 g/mol. The van der Waals surface area contributed by atoms with Crippen LogP contribution in [0.2, 0.25) is 0 Å². The highest BCUT2D eigenvalue weighted by molar-refractivity contribution is 5.86. The molecule has 0 unspecified atom stereocenters. The van der Waals surface area contributed by atoms with Crippen molar-refractivity contribution >= 4 is 5.97 Å². The summed E-state index contributed by atoms with van der Waals surface area (Å²) in [5.41, 5.74) is 5.39. The van der Waals surface area contributed by atoms with Gasteiger partial charge in [0.15, 0.2) is 0 Å². The number of hydrogen-bond acceptors (Lipinski definition) is 6. The first-order valence-corrected chi connectivity index (χ1v) is 7.81. The van der Waals surface area contributed by atoms with Crippen LogP contribution in [0.4, 0.5) is 0 Å². The van der Waals surface area contributed by atoms with Crippen LogP contribution in [0.25, 0.3) is 0 Å². The number of hydrogen-bond donors (Lipinski definition) is 2. The van der Waals surface area contributed by atoms with Crippen molar-refractivity contribution < 1.29 is 9.90 Å². The van der Waals surface area contributed by atoms with E-state index < -0.39 is 17.3 Å². The van der Waals surface area contributed by atoms with E-state index in [0.29, 0.717) is 18.7 Å². The van der Waals surface area contributed by atoms with Crippen molar-refractivity contribution in [2.45, 2.75) is 5.92 Å². The van der Waals surface area contributed by atoms with Gasteiger partial charge < -0.3 is 15.7 Å². The average Bonchev–Trinajstić information content (AvgIpc) is 2.61. The van der Waals surface area contributed by atoms with Crippen molar-refractivity contribution in [1.29, 1.82) is 10.5 Å². The van der Waals surface area contributed by atoms with Crippen LogP contribution < -0.4 is 5.73 Å². The van der Waals surface area contributed by atoms with Crippen molar-refractivity contribution in [3.63, 3.8) is 0 Å². The van der Waals surface area contributed by atoms with Crippen LogP contribution in [0.3, 0.4) is 0 Å². The number of nitriles is 2. The van der Waals surface area contributed by atoms with Crippen molar-refractivity contribution in [3.05, 3.63) is 53.0 Å². The van der Waals surface area contributed by atoms with Crippen LogP contribution in [0, 0.1) is 34.0 Å². The second kappa shape index (κ2) is 6.04. The van der Waals surface area contributed by atoms with Gasteiger partial charge in [0, 0.05) is 37.3 Å². The van der Waals surface area contributed by atoms with Gasteiger partial charge in [-0.2, -0.15) is 10.5 Å². The third-order valence-electron chi connectivity index (χ3n) is 5.05. The summed E-state index contributed by atoms with van der Waals surface area (Å²) in [7, 11) is 1.91. The van der Waals surface area contributed by atoms with Gasteiger partial charge in [-0.1, -0.05) is 12.1 Å². The molecule has 1 aromatic rings. The largest absolute Gasteiger partial charge is 0.480 e. The van der Waals surface area contributed by atoms with E-state index in [1.165, 1.54) is 0 Å². The van der Waals surface area contributed by atoms with E-state index in [2.05, 4.69) is 4.98 Å². The second-order valence-corrected chi connectivity index (χ2v) is 6.38. The standard InChI is InChI=1S/C18H17N5O2/c1-23-6-4-12-13(7-19)16(21)18(10-20,17(24)25)15(14(12)9-23)11-3-2-5-22-8-11/h2-5,8,14-15H,6,9,21H2,1H3,(H,24,25)/t14-,15-,18-/m1/s1. The van der Waals surface area contributed by atoms with E-state index in [1.807, 2.05) is 30.2 Å². The van der Waals surface area contributed by atoms with E-state index in [1.54, 1.807) is 24.5 Å². The highest BCUT2D eigenvalue weighted by Gasteiger charge is 2.58. The Labute approximate surface area is 145 Å². The minimum Gasteiger partial charge on any atom is -0.480 e. The second-order valence-electron chi connectivity index (χ2n) is 6.38. The summed E-state index contributed by atoms with van der Waals surface area (Å²) in [6.45, 7) is 1.16. The molecule has 2 heterocycles.